The predicted octanol–water partition coefficient (Wildman–Crippen LogP) is 1.01. The van der Waals surface area contributed by atoms with Crippen molar-refractivity contribution in [2.24, 2.45) is 0 Å². The zero-order valence-corrected chi connectivity index (χ0v) is 8.81. The van der Waals surface area contributed by atoms with Gasteiger partial charge in [0.2, 0.25) is 5.12 Å². The van der Waals surface area contributed by atoms with E-state index in [0.29, 0.717) is 0 Å². The summed E-state index contributed by atoms with van der Waals surface area (Å²) < 4.78 is 5.18. The van der Waals surface area contributed by atoms with E-state index in [0.717, 1.165) is 0 Å². The Morgan fingerprint density at radius 1 is 1.42 bits per heavy atom. The van der Waals surface area contributed by atoms with Crippen LogP contribution in [0.1, 0.15) is 27.7 Å². The van der Waals surface area contributed by atoms with E-state index in [2.05, 4.69) is 12.6 Å². The van der Waals surface area contributed by atoms with Crippen molar-refractivity contribution < 1.29 is 14.6 Å². The molecule has 0 spiro atoms. The number of carbonyl (C=O) groups is 1. The molecule has 0 rings (SSSR count). The Kier molecular flexibility index (Phi) is 3.75. The lowest BCUT2D eigenvalue weighted by atomic mass is 10.1. The SMILES string of the molecule is CC(C)(O)COC(C)(C)C(=O)S. The molecule has 0 aliphatic carbocycles. The van der Waals surface area contributed by atoms with E-state index in [1.165, 1.54) is 0 Å². The fourth-order valence-corrected chi connectivity index (χ4v) is 0.483. The lowest BCUT2D eigenvalue weighted by Gasteiger charge is -2.26. The monoisotopic (exact) mass is 192 g/mol. The zero-order chi connectivity index (χ0) is 9.99. The second-order valence-corrected chi connectivity index (χ2v) is 4.32. The highest BCUT2D eigenvalue weighted by Gasteiger charge is 2.28. The molecule has 0 aromatic rings. The van der Waals surface area contributed by atoms with Gasteiger partial charge in [-0.3, -0.25) is 4.79 Å². The molecule has 0 heterocycles. The predicted molar refractivity (Wildman–Crippen MR) is 50.3 cm³/mol. The molecule has 0 aliphatic heterocycles. The van der Waals surface area contributed by atoms with Crippen molar-refractivity contribution in [1.82, 2.24) is 0 Å². The smallest absolute Gasteiger partial charge is 0.217 e. The summed E-state index contributed by atoms with van der Waals surface area (Å²) in [6, 6.07) is 0. The third-order valence-corrected chi connectivity index (χ3v) is 1.84. The van der Waals surface area contributed by atoms with E-state index in [9.17, 15) is 9.90 Å². The molecule has 0 aliphatic rings. The van der Waals surface area contributed by atoms with Crippen LogP contribution < -0.4 is 0 Å². The average Bonchev–Trinajstić information content (AvgIpc) is 1.82. The minimum absolute atomic E-state index is 0.117. The summed E-state index contributed by atoms with van der Waals surface area (Å²) in [5.74, 6) is 0. The van der Waals surface area contributed by atoms with Crippen molar-refractivity contribution >= 4 is 17.7 Å². The van der Waals surface area contributed by atoms with Crippen LogP contribution in [0.3, 0.4) is 0 Å². The Labute approximate surface area is 78.5 Å². The quantitative estimate of drug-likeness (QED) is 0.653. The van der Waals surface area contributed by atoms with E-state index in [-0.39, 0.29) is 11.7 Å². The van der Waals surface area contributed by atoms with Gasteiger partial charge in [-0.05, 0) is 27.7 Å². The maximum atomic E-state index is 10.8. The first-order chi connectivity index (χ1) is 5.15. The number of aliphatic hydroxyl groups is 1. The van der Waals surface area contributed by atoms with Gasteiger partial charge in [0.25, 0.3) is 0 Å². The normalized spacial score (nSPS) is 13.2. The maximum absolute atomic E-state index is 10.8. The fraction of sp³-hybridized carbons (Fsp3) is 0.875. The van der Waals surface area contributed by atoms with Crippen LogP contribution in [0, 0.1) is 0 Å². The molecule has 1 N–H and O–H groups in total. The van der Waals surface area contributed by atoms with Gasteiger partial charge < -0.3 is 9.84 Å². The molecule has 0 saturated carbocycles. The van der Waals surface area contributed by atoms with Crippen molar-refractivity contribution in [1.29, 1.82) is 0 Å². The number of rotatable bonds is 4. The molecule has 0 aromatic carbocycles. The van der Waals surface area contributed by atoms with Gasteiger partial charge in [0.05, 0.1) is 12.2 Å². The van der Waals surface area contributed by atoms with Gasteiger partial charge in [0, 0.05) is 0 Å². The van der Waals surface area contributed by atoms with Gasteiger partial charge in [0.1, 0.15) is 5.60 Å². The highest BCUT2D eigenvalue weighted by molar-refractivity contribution is 7.96. The number of hydrogen-bond donors (Lipinski definition) is 2. The number of ether oxygens (including phenoxy) is 1. The van der Waals surface area contributed by atoms with E-state index in [1.807, 2.05) is 0 Å². The Morgan fingerprint density at radius 2 is 1.83 bits per heavy atom. The van der Waals surface area contributed by atoms with Gasteiger partial charge in [-0.2, -0.15) is 0 Å². The van der Waals surface area contributed by atoms with Crippen LogP contribution in [-0.2, 0) is 9.53 Å². The third-order valence-electron chi connectivity index (χ3n) is 1.30. The van der Waals surface area contributed by atoms with Crippen LogP contribution in [0.4, 0.5) is 0 Å². The molecule has 0 amide bonds. The Hall–Kier alpha value is -0.0600. The highest BCUT2D eigenvalue weighted by atomic mass is 32.1. The topological polar surface area (TPSA) is 46.5 Å². The molecule has 4 heteroatoms. The van der Waals surface area contributed by atoms with Crippen LogP contribution in [0.2, 0.25) is 0 Å². The van der Waals surface area contributed by atoms with Crippen molar-refractivity contribution in [3.05, 3.63) is 0 Å². The van der Waals surface area contributed by atoms with Gasteiger partial charge in [0.15, 0.2) is 0 Å². The third kappa shape index (κ3) is 4.74. The molecule has 0 saturated heterocycles. The number of carbonyl (C=O) groups excluding carboxylic acids is 1. The maximum Gasteiger partial charge on any atom is 0.217 e. The molecular weight excluding hydrogens is 176 g/mol. The molecule has 12 heavy (non-hydrogen) atoms. The molecule has 72 valence electrons. The summed E-state index contributed by atoms with van der Waals surface area (Å²) in [5, 5.41) is 8.96. The lowest BCUT2D eigenvalue weighted by molar-refractivity contribution is -0.138. The second-order valence-electron chi connectivity index (χ2n) is 3.92. The summed E-state index contributed by atoms with van der Waals surface area (Å²) in [4.78, 5) is 10.8. The minimum Gasteiger partial charge on any atom is -0.388 e. The molecule has 0 atom stereocenters. The van der Waals surface area contributed by atoms with Crippen molar-refractivity contribution in [3.8, 4) is 0 Å². The molecule has 0 aromatic heterocycles. The largest absolute Gasteiger partial charge is 0.388 e. The highest BCUT2D eigenvalue weighted by Crippen LogP contribution is 2.15. The molecule has 0 radical (unpaired) electrons. The van der Waals surface area contributed by atoms with Crippen molar-refractivity contribution in [2.75, 3.05) is 6.61 Å². The first-order valence-corrected chi connectivity index (χ1v) is 4.19. The van der Waals surface area contributed by atoms with Crippen LogP contribution in [0.15, 0.2) is 0 Å². The van der Waals surface area contributed by atoms with E-state index in [4.69, 9.17) is 4.74 Å². The van der Waals surface area contributed by atoms with Gasteiger partial charge >= 0.3 is 0 Å². The van der Waals surface area contributed by atoms with E-state index in [1.54, 1.807) is 27.7 Å². The fourth-order valence-electron chi connectivity index (χ4n) is 0.419. The Morgan fingerprint density at radius 3 is 2.08 bits per heavy atom. The van der Waals surface area contributed by atoms with E-state index < -0.39 is 11.2 Å². The average molecular weight is 192 g/mol. The molecule has 0 bridgehead atoms. The first-order valence-electron chi connectivity index (χ1n) is 3.75. The summed E-state index contributed by atoms with van der Waals surface area (Å²) in [6.45, 7) is 6.59. The van der Waals surface area contributed by atoms with Crippen molar-refractivity contribution in [2.45, 2.75) is 38.9 Å². The molecule has 0 fully saturated rings. The van der Waals surface area contributed by atoms with Crippen LogP contribution >= 0.6 is 12.6 Å². The minimum atomic E-state index is -0.927. The molecule has 0 unspecified atom stereocenters. The van der Waals surface area contributed by atoms with Crippen molar-refractivity contribution in [3.63, 3.8) is 0 Å². The Bertz CT molecular complexity index is 170. The van der Waals surface area contributed by atoms with Crippen LogP contribution in [0.5, 0.6) is 0 Å². The van der Waals surface area contributed by atoms with Gasteiger partial charge in [-0.1, -0.05) is 0 Å². The van der Waals surface area contributed by atoms with Gasteiger partial charge in [-0.25, -0.2) is 0 Å². The summed E-state index contributed by atoms with van der Waals surface area (Å²) in [5.41, 5.74) is -1.84. The Balaban J connectivity index is 4.01. The standard InChI is InChI=1S/C8H16O3S/c1-7(2,10)5-11-8(3,4)6(9)12/h10H,5H2,1-4H3,(H,9,12). The lowest BCUT2D eigenvalue weighted by Crippen LogP contribution is -2.38. The number of thiol groups is 1. The second kappa shape index (κ2) is 3.77. The summed E-state index contributed by atoms with van der Waals surface area (Å²) in [6.07, 6.45) is 0. The molecule has 3 nitrogen and oxygen atoms in total. The zero-order valence-electron chi connectivity index (χ0n) is 7.92. The molecular formula is C8H16O3S. The van der Waals surface area contributed by atoms with Crippen LogP contribution in [-0.4, -0.2) is 28.0 Å². The van der Waals surface area contributed by atoms with E-state index >= 15 is 0 Å². The summed E-state index contributed by atoms with van der Waals surface area (Å²) >= 11 is 3.66. The first kappa shape index (κ1) is 11.9. The van der Waals surface area contributed by atoms with Gasteiger partial charge in [-0.15, -0.1) is 12.6 Å². The number of hydrogen-bond acceptors (Lipinski definition) is 3. The van der Waals surface area contributed by atoms with Crippen LogP contribution in [0.25, 0.3) is 0 Å². The summed E-state index contributed by atoms with van der Waals surface area (Å²) in [7, 11) is 0.